The normalized spacial score (nSPS) is 26.1. The molecule has 0 aliphatic carbocycles. The Morgan fingerprint density at radius 3 is 2.35 bits per heavy atom. The topological polar surface area (TPSA) is 184 Å². The van der Waals surface area contributed by atoms with Gasteiger partial charge in [-0.25, -0.2) is 0 Å². The largest absolute Gasteiger partial charge is 0.486 e. The number of hydrogen-bond donors (Lipinski definition) is 5. The van der Waals surface area contributed by atoms with E-state index in [4.69, 9.17) is 9.47 Å². The standard InChI is InChI=1S/C36H46N6O8S/c1-20(2)31-36(48)42-19-24(38-33(45)23-10-11-28-29(16-23)50-14-13-49-28)17-27(42)35(47)37-21(3)32(44)40-26(22-8-6-5-7-9-22)18-30(43)39-25(12-15-51-4)34(46)41-31/h5-11,16,20-21,24-27,31H,12-15,17-19H2,1-4H3,(H,37,47)(H,38,45)(H,39,43)(H,40,44)(H,41,46)/t21-,24-,25-,26-,27-,31-/m0/s1. The Morgan fingerprint density at radius 1 is 0.922 bits per heavy atom. The van der Waals surface area contributed by atoms with Gasteiger partial charge in [0.1, 0.15) is 37.4 Å². The van der Waals surface area contributed by atoms with Gasteiger partial charge in [-0.05, 0) is 61.5 Å². The molecule has 0 saturated carbocycles. The Morgan fingerprint density at radius 2 is 1.65 bits per heavy atom. The van der Waals surface area contributed by atoms with E-state index < -0.39 is 71.7 Å². The highest BCUT2D eigenvalue weighted by Gasteiger charge is 2.44. The van der Waals surface area contributed by atoms with Crippen LogP contribution in [0.1, 0.15) is 62.0 Å². The molecule has 2 fully saturated rings. The number of thioether (sulfide) groups is 1. The van der Waals surface area contributed by atoms with Crippen molar-refractivity contribution in [2.45, 2.75) is 76.3 Å². The monoisotopic (exact) mass is 722 g/mol. The van der Waals surface area contributed by atoms with Crippen LogP contribution >= 0.6 is 11.8 Å². The van der Waals surface area contributed by atoms with Gasteiger partial charge in [-0.1, -0.05) is 44.2 Å². The molecule has 3 aliphatic rings. The highest BCUT2D eigenvalue weighted by atomic mass is 32.2. The zero-order valence-electron chi connectivity index (χ0n) is 29.2. The molecule has 14 nitrogen and oxygen atoms in total. The maximum atomic E-state index is 14.3. The number of fused-ring (bicyclic) bond motifs is 2. The van der Waals surface area contributed by atoms with Gasteiger partial charge in [0.25, 0.3) is 5.91 Å². The zero-order valence-corrected chi connectivity index (χ0v) is 30.0. The lowest BCUT2D eigenvalue weighted by Crippen LogP contribution is -2.59. The minimum absolute atomic E-state index is 0.0183. The zero-order chi connectivity index (χ0) is 36.7. The molecule has 0 unspecified atom stereocenters. The molecule has 0 bridgehead atoms. The van der Waals surface area contributed by atoms with Crippen LogP contribution in [0.5, 0.6) is 11.5 Å². The second-order valence-corrected chi connectivity index (χ2v) is 14.3. The van der Waals surface area contributed by atoms with Crippen LogP contribution in [-0.4, -0.2) is 102 Å². The molecule has 0 aromatic heterocycles. The number of carbonyl (C=O) groups excluding carboxylic acids is 6. The first-order valence-corrected chi connectivity index (χ1v) is 18.6. The highest BCUT2D eigenvalue weighted by Crippen LogP contribution is 2.31. The van der Waals surface area contributed by atoms with Crippen molar-refractivity contribution in [2.75, 3.05) is 31.8 Å². The summed E-state index contributed by atoms with van der Waals surface area (Å²) in [5.74, 6) is -1.90. The summed E-state index contributed by atoms with van der Waals surface area (Å²) in [4.78, 5) is 83.5. The van der Waals surface area contributed by atoms with Crippen LogP contribution in [0.2, 0.25) is 0 Å². The second kappa shape index (κ2) is 16.9. The molecular formula is C36H46N6O8S. The summed E-state index contributed by atoms with van der Waals surface area (Å²) in [6.45, 7) is 5.83. The lowest BCUT2D eigenvalue weighted by molar-refractivity contribution is -0.143. The smallest absolute Gasteiger partial charge is 0.251 e. The van der Waals surface area contributed by atoms with Crippen molar-refractivity contribution in [3.8, 4) is 11.5 Å². The van der Waals surface area contributed by atoms with E-state index in [2.05, 4.69) is 26.6 Å². The summed E-state index contributed by atoms with van der Waals surface area (Å²) < 4.78 is 11.2. The van der Waals surface area contributed by atoms with E-state index in [0.717, 1.165) is 0 Å². The van der Waals surface area contributed by atoms with Crippen molar-refractivity contribution in [3.05, 3.63) is 59.7 Å². The summed E-state index contributed by atoms with van der Waals surface area (Å²) in [6, 6.07) is 8.36. The first kappa shape index (κ1) is 37.5. The van der Waals surface area contributed by atoms with Crippen molar-refractivity contribution >= 4 is 47.2 Å². The van der Waals surface area contributed by atoms with Crippen LogP contribution in [0, 0.1) is 5.92 Å². The van der Waals surface area contributed by atoms with Gasteiger partial charge in [-0.15, -0.1) is 0 Å². The molecular weight excluding hydrogens is 676 g/mol. The van der Waals surface area contributed by atoms with Gasteiger partial charge < -0.3 is 41.0 Å². The minimum atomic E-state index is -1.05. The Bertz CT molecular complexity index is 1620. The summed E-state index contributed by atoms with van der Waals surface area (Å²) in [5, 5.41) is 14.2. The third-order valence-electron chi connectivity index (χ3n) is 9.18. The van der Waals surface area contributed by atoms with E-state index in [1.807, 2.05) is 12.3 Å². The van der Waals surface area contributed by atoms with Gasteiger partial charge in [0.2, 0.25) is 29.5 Å². The molecule has 6 amide bonds. The molecule has 2 saturated heterocycles. The molecule has 2 aromatic carbocycles. The van der Waals surface area contributed by atoms with E-state index in [0.29, 0.717) is 48.0 Å². The third-order valence-corrected chi connectivity index (χ3v) is 9.82. The number of benzene rings is 2. The Hall–Kier alpha value is -4.79. The van der Waals surface area contributed by atoms with E-state index in [-0.39, 0.29) is 25.3 Å². The van der Waals surface area contributed by atoms with Crippen LogP contribution < -0.4 is 36.1 Å². The summed E-state index contributed by atoms with van der Waals surface area (Å²) >= 11 is 1.51. The summed E-state index contributed by atoms with van der Waals surface area (Å²) in [7, 11) is 0. The summed E-state index contributed by atoms with van der Waals surface area (Å²) in [5.41, 5.74) is 0.995. The van der Waals surface area contributed by atoms with Crippen LogP contribution in [-0.2, 0) is 24.0 Å². The number of nitrogens with zero attached hydrogens (tertiary/aromatic N) is 1. The second-order valence-electron chi connectivity index (χ2n) is 13.3. The number of ether oxygens (including phenoxy) is 2. The number of hydrogen-bond acceptors (Lipinski definition) is 9. The number of amides is 6. The Labute approximate surface area is 301 Å². The van der Waals surface area contributed by atoms with Crippen molar-refractivity contribution < 1.29 is 38.2 Å². The van der Waals surface area contributed by atoms with E-state index in [1.165, 1.54) is 23.6 Å². The van der Waals surface area contributed by atoms with Gasteiger partial charge in [0, 0.05) is 18.2 Å². The predicted molar refractivity (Wildman–Crippen MR) is 190 cm³/mol. The lowest BCUT2D eigenvalue weighted by Gasteiger charge is -2.32. The highest BCUT2D eigenvalue weighted by molar-refractivity contribution is 7.98. The van der Waals surface area contributed by atoms with Crippen molar-refractivity contribution in [3.63, 3.8) is 0 Å². The molecule has 5 N–H and O–H groups in total. The summed E-state index contributed by atoms with van der Waals surface area (Å²) in [6.07, 6.45) is 2.10. The third kappa shape index (κ3) is 9.31. The van der Waals surface area contributed by atoms with E-state index in [1.54, 1.807) is 56.3 Å². The molecule has 3 aliphatic heterocycles. The molecule has 15 heteroatoms. The van der Waals surface area contributed by atoms with Gasteiger partial charge in [0.15, 0.2) is 11.5 Å². The van der Waals surface area contributed by atoms with Gasteiger partial charge in [0.05, 0.1) is 12.5 Å². The fraction of sp³-hybridized carbons (Fsp3) is 0.500. The number of rotatable bonds is 7. The molecule has 2 aromatic rings. The van der Waals surface area contributed by atoms with E-state index in [9.17, 15) is 28.8 Å². The average Bonchev–Trinajstić information content (AvgIpc) is 3.55. The van der Waals surface area contributed by atoms with Crippen molar-refractivity contribution in [1.29, 1.82) is 0 Å². The fourth-order valence-electron chi connectivity index (χ4n) is 6.38. The molecule has 0 radical (unpaired) electrons. The van der Waals surface area contributed by atoms with Crippen LogP contribution in [0.15, 0.2) is 48.5 Å². The molecule has 5 rings (SSSR count). The SMILES string of the molecule is CSCC[C@@H]1NC(=O)C[C@@H](c2ccccc2)NC(=O)[C@H](C)NC(=O)[C@@H]2C[C@H](NC(=O)c3ccc4c(c3)OCCO4)CN2C(=O)[C@H](C(C)C)NC1=O. The molecule has 3 heterocycles. The van der Waals surface area contributed by atoms with Crippen molar-refractivity contribution in [2.24, 2.45) is 5.92 Å². The number of carbonyl (C=O) groups is 6. The molecule has 0 spiro atoms. The van der Waals surface area contributed by atoms with Gasteiger partial charge in [-0.3, -0.25) is 28.8 Å². The first-order chi connectivity index (χ1) is 24.4. The fourth-order valence-corrected chi connectivity index (χ4v) is 6.86. The van der Waals surface area contributed by atoms with E-state index >= 15 is 0 Å². The minimum Gasteiger partial charge on any atom is -0.486 e. The molecule has 6 atom stereocenters. The Kier molecular flexibility index (Phi) is 12.4. The average molecular weight is 723 g/mol. The first-order valence-electron chi connectivity index (χ1n) is 17.2. The molecule has 274 valence electrons. The van der Waals surface area contributed by atoms with Crippen molar-refractivity contribution in [1.82, 2.24) is 31.5 Å². The molecule has 51 heavy (non-hydrogen) atoms. The maximum absolute atomic E-state index is 14.3. The van der Waals surface area contributed by atoms with Crippen LogP contribution in [0.4, 0.5) is 0 Å². The van der Waals surface area contributed by atoms with Gasteiger partial charge in [-0.2, -0.15) is 11.8 Å². The predicted octanol–water partition coefficient (Wildman–Crippen LogP) is 1.30. The lowest BCUT2D eigenvalue weighted by atomic mass is 10.0. The quantitative estimate of drug-likeness (QED) is 0.281. The maximum Gasteiger partial charge on any atom is 0.251 e. The number of nitrogens with one attached hydrogen (secondary N) is 5. The van der Waals surface area contributed by atoms with Crippen LogP contribution in [0.3, 0.4) is 0 Å². The Balaban J connectivity index is 1.43. The van der Waals surface area contributed by atoms with Gasteiger partial charge >= 0.3 is 0 Å². The van der Waals surface area contributed by atoms with Crippen LogP contribution in [0.25, 0.3) is 0 Å².